The summed E-state index contributed by atoms with van der Waals surface area (Å²) in [4.78, 5) is 13.8. The molecule has 0 saturated heterocycles. The van der Waals surface area contributed by atoms with Crippen molar-refractivity contribution in [1.82, 2.24) is 14.8 Å². The fraction of sp³-hybridized carbons (Fsp3) is 0.417. The van der Waals surface area contributed by atoms with E-state index in [2.05, 4.69) is 66.6 Å². The predicted molar refractivity (Wildman–Crippen MR) is 130 cm³/mol. The maximum Gasteiger partial charge on any atom is 0.235 e. The van der Waals surface area contributed by atoms with Crippen molar-refractivity contribution < 1.29 is 4.79 Å². The number of aryl methyl sites for hydroxylation is 1. The minimum Gasteiger partial charge on any atom is -0.316 e. The van der Waals surface area contributed by atoms with Crippen molar-refractivity contribution in [3.05, 3.63) is 45.8 Å². The Morgan fingerprint density at radius 1 is 1.22 bits per heavy atom. The van der Waals surface area contributed by atoms with Crippen molar-refractivity contribution in [2.45, 2.75) is 57.0 Å². The molecule has 0 spiro atoms. The fourth-order valence-corrected chi connectivity index (χ4v) is 5.84. The molecule has 8 heteroatoms. The summed E-state index contributed by atoms with van der Waals surface area (Å²) in [5.41, 5.74) is 4.12. The number of benzene rings is 1. The zero-order chi connectivity index (χ0) is 22.9. The third-order valence-corrected chi connectivity index (χ3v) is 7.94. The van der Waals surface area contributed by atoms with Gasteiger partial charge < -0.3 is 9.88 Å². The van der Waals surface area contributed by atoms with Crippen LogP contribution in [0.15, 0.2) is 29.4 Å². The van der Waals surface area contributed by atoms with Gasteiger partial charge in [-0.3, -0.25) is 4.79 Å². The molecule has 166 valence electrons. The number of thioether (sulfide) groups is 1. The molecule has 0 aliphatic heterocycles. The third kappa shape index (κ3) is 4.59. The van der Waals surface area contributed by atoms with Crippen LogP contribution in [0.2, 0.25) is 0 Å². The third-order valence-electron chi connectivity index (χ3n) is 5.71. The molecule has 1 N–H and O–H groups in total. The molecule has 1 aliphatic carbocycles. The molecule has 0 atom stereocenters. The van der Waals surface area contributed by atoms with Crippen molar-refractivity contribution >= 4 is 34.0 Å². The molecular weight excluding hydrogens is 438 g/mol. The van der Waals surface area contributed by atoms with Crippen LogP contribution in [0, 0.1) is 11.3 Å². The standard InChI is InChI=1S/C24H27N5OS2/c1-24(2,3)16-11-9-15(10-12-16)21-27-28-23(29(21)4)31-14-20(30)26-22-18(13-25)17-7-5-6-8-19(17)32-22/h9-12H,5-8,14H2,1-4H3,(H,26,30). The zero-order valence-electron chi connectivity index (χ0n) is 18.9. The number of aromatic nitrogens is 3. The normalized spacial score (nSPS) is 13.5. The monoisotopic (exact) mass is 465 g/mol. The number of thiophene rings is 1. The maximum atomic E-state index is 12.6. The van der Waals surface area contributed by atoms with Gasteiger partial charge in [0, 0.05) is 17.5 Å². The molecule has 1 amide bonds. The molecule has 0 unspecified atom stereocenters. The summed E-state index contributed by atoms with van der Waals surface area (Å²) in [6.07, 6.45) is 4.18. The number of nitriles is 1. The molecule has 6 nitrogen and oxygen atoms in total. The zero-order valence-corrected chi connectivity index (χ0v) is 20.5. The summed E-state index contributed by atoms with van der Waals surface area (Å²) in [6, 6.07) is 10.7. The van der Waals surface area contributed by atoms with Gasteiger partial charge in [-0.1, -0.05) is 56.8 Å². The number of hydrogen-bond donors (Lipinski definition) is 1. The Morgan fingerprint density at radius 3 is 2.62 bits per heavy atom. The van der Waals surface area contributed by atoms with E-state index < -0.39 is 0 Å². The SMILES string of the molecule is Cn1c(SCC(=O)Nc2sc3c(c2C#N)CCCC3)nnc1-c1ccc(C(C)(C)C)cc1. The summed E-state index contributed by atoms with van der Waals surface area (Å²) in [7, 11) is 1.91. The van der Waals surface area contributed by atoms with Crippen LogP contribution in [-0.4, -0.2) is 26.4 Å². The highest BCUT2D eigenvalue weighted by atomic mass is 32.2. The van der Waals surface area contributed by atoms with Crippen molar-refractivity contribution in [3.8, 4) is 17.5 Å². The van der Waals surface area contributed by atoms with E-state index >= 15 is 0 Å². The molecule has 1 aliphatic rings. The Morgan fingerprint density at radius 2 is 1.94 bits per heavy atom. The van der Waals surface area contributed by atoms with Crippen LogP contribution in [-0.2, 0) is 30.1 Å². The number of nitrogens with zero attached hydrogens (tertiary/aromatic N) is 4. The highest BCUT2D eigenvalue weighted by Crippen LogP contribution is 2.37. The summed E-state index contributed by atoms with van der Waals surface area (Å²) < 4.78 is 1.91. The van der Waals surface area contributed by atoms with Crippen LogP contribution in [0.5, 0.6) is 0 Å². The average molecular weight is 466 g/mol. The minimum absolute atomic E-state index is 0.0973. The molecule has 4 rings (SSSR count). The molecule has 0 fully saturated rings. The first-order valence-electron chi connectivity index (χ1n) is 10.8. The lowest BCUT2D eigenvalue weighted by Gasteiger charge is -2.19. The molecule has 3 aromatic rings. The first-order chi connectivity index (χ1) is 15.3. The van der Waals surface area contributed by atoms with E-state index in [1.54, 1.807) is 11.3 Å². The van der Waals surface area contributed by atoms with E-state index in [0.717, 1.165) is 42.6 Å². The maximum absolute atomic E-state index is 12.6. The number of fused-ring (bicyclic) bond motifs is 1. The van der Waals surface area contributed by atoms with Crippen LogP contribution < -0.4 is 5.32 Å². The van der Waals surface area contributed by atoms with E-state index in [-0.39, 0.29) is 17.1 Å². The molecule has 0 bridgehead atoms. The molecule has 2 heterocycles. The molecule has 1 aromatic carbocycles. The van der Waals surface area contributed by atoms with Gasteiger partial charge in [0.1, 0.15) is 11.1 Å². The van der Waals surface area contributed by atoms with Gasteiger partial charge in [0.05, 0.1) is 11.3 Å². The lowest BCUT2D eigenvalue weighted by Crippen LogP contribution is -2.14. The number of carbonyl (C=O) groups is 1. The van der Waals surface area contributed by atoms with Crippen LogP contribution in [0.4, 0.5) is 5.00 Å². The van der Waals surface area contributed by atoms with Gasteiger partial charge in [-0.25, -0.2) is 0 Å². The average Bonchev–Trinajstić information content (AvgIpc) is 3.31. The number of carbonyl (C=O) groups excluding carboxylic acids is 1. The van der Waals surface area contributed by atoms with Gasteiger partial charge in [0.25, 0.3) is 0 Å². The van der Waals surface area contributed by atoms with Crippen LogP contribution >= 0.6 is 23.1 Å². The molecular formula is C24H27N5OS2. The second-order valence-corrected chi connectivity index (χ2v) is 11.1. The lowest BCUT2D eigenvalue weighted by molar-refractivity contribution is -0.113. The first kappa shape index (κ1) is 22.6. The number of nitrogens with one attached hydrogen (secondary N) is 1. The summed E-state index contributed by atoms with van der Waals surface area (Å²) in [6.45, 7) is 6.57. The highest BCUT2D eigenvalue weighted by Gasteiger charge is 2.22. The Hall–Kier alpha value is -2.63. The van der Waals surface area contributed by atoms with Crippen molar-refractivity contribution in [2.24, 2.45) is 7.05 Å². The Bertz CT molecular complexity index is 1180. The van der Waals surface area contributed by atoms with Gasteiger partial charge in [-0.2, -0.15) is 5.26 Å². The Kier molecular flexibility index (Phi) is 6.40. The topological polar surface area (TPSA) is 83.6 Å². The molecule has 32 heavy (non-hydrogen) atoms. The first-order valence-corrected chi connectivity index (χ1v) is 12.6. The Labute approximate surface area is 197 Å². The second kappa shape index (κ2) is 9.08. The van der Waals surface area contributed by atoms with E-state index in [9.17, 15) is 10.1 Å². The smallest absolute Gasteiger partial charge is 0.235 e. The largest absolute Gasteiger partial charge is 0.316 e. The van der Waals surface area contributed by atoms with E-state index in [1.807, 2.05) is 11.6 Å². The second-order valence-electron chi connectivity index (χ2n) is 9.06. The Balaban J connectivity index is 1.42. The number of hydrogen-bond acceptors (Lipinski definition) is 6. The van der Waals surface area contributed by atoms with Crippen LogP contribution in [0.3, 0.4) is 0 Å². The van der Waals surface area contributed by atoms with Crippen LogP contribution in [0.25, 0.3) is 11.4 Å². The highest BCUT2D eigenvalue weighted by molar-refractivity contribution is 7.99. The molecule has 0 radical (unpaired) electrons. The van der Waals surface area contributed by atoms with Gasteiger partial charge in [-0.15, -0.1) is 21.5 Å². The number of amides is 1. The quantitative estimate of drug-likeness (QED) is 0.516. The van der Waals surface area contributed by atoms with Gasteiger partial charge in [0.15, 0.2) is 11.0 Å². The molecule has 2 aromatic heterocycles. The van der Waals surface area contributed by atoms with E-state index in [1.165, 1.54) is 22.2 Å². The number of rotatable bonds is 5. The van der Waals surface area contributed by atoms with Crippen molar-refractivity contribution in [1.29, 1.82) is 5.26 Å². The molecule has 0 saturated carbocycles. The minimum atomic E-state index is -0.135. The summed E-state index contributed by atoms with van der Waals surface area (Å²) >= 11 is 2.89. The van der Waals surface area contributed by atoms with E-state index in [0.29, 0.717) is 15.7 Å². The van der Waals surface area contributed by atoms with Gasteiger partial charge in [0.2, 0.25) is 5.91 Å². The fourth-order valence-electron chi connectivity index (χ4n) is 3.88. The van der Waals surface area contributed by atoms with Gasteiger partial charge >= 0.3 is 0 Å². The van der Waals surface area contributed by atoms with Crippen molar-refractivity contribution in [2.75, 3.05) is 11.1 Å². The summed E-state index contributed by atoms with van der Waals surface area (Å²) in [5.74, 6) is 0.845. The van der Waals surface area contributed by atoms with Crippen LogP contribution in [0.1, 0.15) is 55.2 Å². The predicted octanol–water partition coefficient (Wildman–Crippen LogP) is 5.32. The van der Waals surface area contributed by atoms with E-state index in [4.69, 9.17) is 0 Å². The lowest BCUT2D eigenvalue weighted by atomic mass is 9.87. The van der Waals surface area contributed by atoms with Crippen molar-refractivity contribution in [3.63, 3.8) is 0 Å². The van der Waals surface area contributed by atoms with Gasteiger partial charge in [-0.05, 0) is 42.2 Å². The summed E-state index contributed by atoms with van der Waals surface area (Å²) in [5, 5.41) is 22.5. The number of anilines is 1.